The van der Waals surface area contributed by atoms with E-state index in [0.29, 0.717) is 0 Å². The Labute approximate surface area is 104 Å². The van der Waals surface area contributed by atoms with Crippen molar-refractivity contribution in [3.05, 3.63) is 31.2 Å². The van der Waals surface area contributed by atoms with Crippen LogP contribution in [0.1, 0.15) is 20.7 Å². The molecule has 0 saturated carbocycles. The van der Waals surface area contributed by atoms with Crippen LogP contribution in [0.5, 0.6) is 0 Å². The van der Waals surface area contributed by atoms with E-state index in [9.17, 15) is 9.59 Å². The molecule has 0 fully saturated rings. The largest absolute Gasteiger partial charge is 0.288 e. The third-order valence-corrected chi connectivity index (χ3v) is 3.75. The van der Waals surface area contributed by atoms with Crippen LogP contribution >= 0.6 is 46.4 Å². The second-order valence-corrected chi connectivity index (χ2v) is 4.30. The Morgan fingerprint density at radius 3 is 1.33 bits per heavy atom. The fourth-order valence-electron chi connectivity index (χ4n) is 1.29. The smallest absolute Gasteiger partial charge is 0.260 e. The van der Waals surface area contributed by atoms with Gasteiger partial charge in [0.15, 0.2) is 0 Å². The highest BCUT2D eigenvalue weighted by Crippen LogP contribution is 2.42. The number of halogens is 4. The third kappa shape index (κ3) is 1.42. The lowest BCUT2D eigenvalue weighted by molar-refractivity contribution is 0.0880. The molecular formula is C8HCl4NO2. The highest BCUT2D eigenvalue weighted by Gasteiger charge is 2.35. The zero-order valence-electron chi connectivity index (χ0n) is 6.83. The van der Waals surface area contributed by atoms with Gasteiger partial charge in [-0.25, -0.2) is 0 Å². The lowest BCUT2D eigenvalue weighted by atomic mass is 10.1. The fraction of sp³-hybridized carbons (Fsp3) is 0. The van der Waals surface area contributed by atoms with E-state index in [0.717, 1.165) is 0 Å². The Bertz CT molecular complexity index is 467. The van der Waals surface area contributed by atoms with E-state index in [1.807, 2.05) is 0 Å². The van der Waals surface area contributed by atoms with Crippen molar-refractivity contribution in [3.63, 3.8) is 0 Å². The van der Waals surface area contributed by atoms with Gasteiger partial charge >= 0.3 is 0 Å². The molecule has 1 aliphatic heterocycles. The number of hydrogen-bond donors (Lipinski definition) is 1. The van der Waals surface area contributed by atoms with Gasteiger partial charge in [-0.2, -0.15) is 0 Å². The van der Waals surface area contributed by atoms with E-state index >= 15 is 0 Å². The molecule has 0 aliphatic carbocycles. The van der Waals surface area contributed by atoms with Gasteiger partial charge in [-0.15, -0.1) is 0 Å². The van der Waals surface area contributed by atoms with Crippen LogP contribution in [-0.4, -0.2) is 11.8 Å². The first-order valence-electron chi connectivity index (χ1n) is 3.66. The zero-order chi connectivity index (χ0) is 11.3. The molecule has 1 aliphatic rings. The molecule has 7 heteroatoms. The van der Waals surface area contributed by atoms with Gasteiger partial charge in [0.05, 0.1) is 31.2 Å². The minimum atomic E-state index is -0.625. The van der Waals surface area contributed by atoms with E-state index in [-0.39, 0.29) is 31.2 Å². The lowest BCUT2D eigenvalue weighted by Crippen LogP contribution is -2.20. The van der Waals surface area contributed by atoms with Crippen molar-refractivity contribution in [1.29, 1.82) is 0 Å². The Morgan fingerprint density at radius 2 is 1.00 bits per heavy atom. The molecule has 15 heavy (non-hydrogen) atoms. The summed E-state index contributed by atoms with van der Waals surface area (Å²) in [5.74, 6) is -1.25. The summed E-state index contributed by atoms with van der Waals surface area (Å²) in [6.07, 6.45) is 0. The summed E-state index contributed by atoms with van der Waals surface area (Å²) in [4.78, 5) is 22.7. The van der Waals surface area contributed by atoms with E-state index in [1.54, 1.807) is 0 Å². The zero-order valence-corrected chi connectivity index (χ0v) is 9.85. The Kier molecular flexibility index (Phi) is 2.59. The second kappa shape index (κ2) is 3.52. The first-order chi connectivity index (χ1) is 6.95. The van der Waals surface area contributed by atoms with E-state index in [2.05, 4.69) is 5.32 Å². The second-order valence-electron chi connectivity index (χ2n) is 2.79. The maximum atomic E-state index is 11.3. The van der Waals surface area contributed by atoms with Gasteiger partial charge < -0.3 is 0 Å². The van der Waals surface area contributed by atoms with Gasteiger partial charge in [0.25, 0.3) is 11.8 Å². The molecule has 0 aromatic heterocycles. The molecule has 1 N–H and O–H groups in total. The molecule has 0 saturated heterocycles. The van der Waals surface area contributed by atoms with Crippen LogP contribution in [0.25, 0.3) is 0 Å². The van der Waals surface area contributed by atoms with Gasteiger partial charge in [0.2, 0.25) is 0 Å². The molecular weight excluding hydrogens is 284 g/mol. The Hall–Kier alpha value is -0.480. The number of imide groups is 1. The maximum Gasteiger partial charge on any atom is 0.260 e. The SMILES string of the molecule is O=C1NC(=O)c2c(Cl)c(Cl)c(Cl)c(Cl)c21. The summed E-state index contributed by atoms with van der Waals surface area (Å²) in [7, 11) is 0. The number of hydrogen-bond acceptors (Lipinski definition) is 2. The molecule has 0 radical (unpaired) electrons. The van der Waals surface area contributed by atoms with Crippen LogP contribution in [0.2, 0.25) is 20.1 Å². The molecule has 78 valence electrons. The number of carbonyl (C=O) groups is 2. The number of fused-ring (bicyclic) bond motifs is 1. The van der Waals surface area contributed by atoms with Crippen molar-refractivity contribution < 1.29 is 9.59 Å². The lowest BCUT2D eigenvalue weighted by Gasteiger charge is -2.06. The molecule has 2 amide bonds. The van der Waals surface area contributed by atoms with Crippen LogP contribution in [0.4, 0.5) is 0 Å². The number of nitrogens with one attached hydrogen (secondary N) is 1. The van der Waals surface area contributed by atoms with E-state index in [4.69, 9.17) is 46.4 Å². The molecule has 0 atom stereocenters. The molecule has 2 rings (SSSR count). The van der Waals surface area contributed by atoms with Crippen LogP contribution < -0.4 is 5.32 Å². The third-order valence-electron chi connectivity index (χ3n) is 1.95. The van der Waals surface area contributed by atoms with E-state index in [1.165, 1.54) is 0 Å². The quantitative estimate of drug-likeness (QED) is 0.452. The van der Waals surface area contributed by atoms with Gasteiger partial charge in [0, 0.05) is 0 Å². The number of rotatable bonds is 0. The van der Waals surface area contributed by atoms with Crippen molar-refractivity contribution in [3.8, 4) is 0 Å². The van der Waals surface area contributed by atoms with Crippen LogP contribution in [-0.2, 0) is 0 Å². The van der Waals surface area contributed by atoms with Crippen molar-refractivity contribution in [1.82, 2.24) is 5.32 Å². The molecule has 1 aromatic rings. The Morgan fingerprint density at radius 1 is 0.667 bits per heavy atom. The fourth-order valence-corrected chi connectivity index (χ4v) is 2.31. The average Bonchev–Trinajstić information content (AvgIpc) is 2.47. The summed E-state index contributed by atoms with van der Waals surface area (Å²) in [6, 6.07) is 0. The van der Waals surface area contributed by atoms with Gasteiger partial charge in [-0.1, -0.05) is 46.4 Å². The number of amides is 2. The van der Waals surface area contributed by atoms with Crippen molar-refractivity contribution in [2.45, 2.75) is 0 Å². The minimum Gasteiger partial charge on any atom is -0.288 e. The summed E-state index contributed by atoms with van der Waals surface area (Å²) in [6.45, 7) is 0. The van der Waals surface area contributed by atoms with Gasteiger partial charge in [0.1, 0.15) is 0 Å². The summed E-state index contributed by atoms with van der Waals surface area (Å²) in [5, 5.41) is 1.85. The van der Waals surface area contributed by atoms with Crippen LogP contribution in [0.15, 0.2) is 0 Å². The van der Waals surface area contributed by atoms with Crippen LogP contribution in [0, 0.1) is 0 Å². The molecule has 1 heterocycles. The monoisotopic (exact) mass is 283 g/mol. The molecule has 0 bridgehead atoms. The normalized spacial score (nSPS) is 14.1. The summed E-state index contributed by atoms with van der Waals surface area (Å²) in [5.41, 5.74) is -0.0536. The molecule has 3 nitrogen and oxygen atoms in total. The highest BCUT2D eigenvalue weighted by atomic mass is 35.5. The summed E-state index contributed by atoms with van der Waals surface area (Å²) < 4.78 is 0. The first kappa shape index (κ1) is 11.0. The highest BCUT2D eigenvalue weighted by molar-refractivity contribution is 6.55. The van der Waals surface area contributed by atoms with Crippen molar-refractivity contribution in [2.75, 3.05) is 0 Å². The summed E-state index contributed by atoms with van der Waals surface area (Å²) >= 11 is 23.1. The number of carbonyl (C=O) groups excluding carboxylic acids is 2. The van der Waals surface area contributed by atoms with Gasteiger partial charge in [-0.05, 0) is 0 Å². The predicted molar refractivity (Wildman–Crippen MR) is 58.3 cm³/mol. The first-order valence-corrected chi connectivity index (χ1v) is 5.18. The topological polar surface area (TPSA) is 46.2 Å². The van der Waals surface area contributed by atoms with Crippen LogP contribution in [0.3, 0.4) is 0 Å². The molecule has 1 aromatic carbocycles. The van der Waals surface area contributed by atoms with E-state index < -0.39 is 11.8 Å². The maximum absolute atomic E-state index is 11.3. The minimum absolute atomic E-state index is 0.0268. The molecule has 0 spiro atoms. The molecule has 0 unspecified atom stereocenters. The predicted octanol–water partition coefficient (Wildman–Crippen LogP) is 3.18. The van der Waals surface area contributed by atoms with Gasteiger partial charge in [-0.3, -0.25) is 14.9 Å². The standard InChI is InChI=1S/C8HCl4NO2/c9-3-1-2(8(15)13-7(1)14)4(10)6(12)5(3)11/h(H,13,14,15). The number of benzene rings is 1. The Balaban J connectivity index is 2.92. The average molecular weight is 285 g/mol. The van der Waals surface area contributed by atoms with Crippen molar-refractivity contribution in [2.24, 2.45) is 0 Å². The van der Waals surface area contributed by atoms with Crippen molar-refractivity contribution >= 4 is 58.2 Å².